The SMILES string of the molecule is C=CCC(=O)CCCCCCC(C)=O. The summed E-state index contributed by atoms with van der Waals surface area (Å²) in [4.78, 5) is 21.7. The van der Waals surface area contributed by atoms with Crippen molar-refractivity contribution in [1.29, 1.82) is 0 Å². The molecule has 0 aromatic rings. The highest BCUT2D eigenvalue weighted by Gasteiger charge is 1.99. The molecule has 0 rings (SSSR count). The first-order valence-electron chi connectivity index (χ1n) is 5.29. The second-order valence-electron chi connectivity index (χ2n) is 3.65. The van der Waals surface area contributed by atoms with Crippen LogP contribution in [0.1, 0.15) is 51.9 Å². The maximum Gasteiger partial charge on any atom is 0.136 e. The van der Waals surface area contributed by atoms with Gasteiger partial charge in [0.15, 0.2) is 0 Å². The summed E-state index contributed by atoms with van der Waals surface area (Å²) >= 11 is 0. The summed E-state index contributed by atoms with van der Waals surface area (Å²) in [7, 11) is 0. The minimum Gasteiger partial charge on any atom is -0.300 e. The predicted molar refractivity (Wildman–Crippen MR) is 58.2 cm³/mol. The molecule has 0 unspecified atom stereocenters. The minimum absolute atomic E-state index is 0.257. The molecule has 2 nitrogen and oxygen atoms in total. The average molecular weight is 196 g/mol. The Balaban J connectivity index is 3.17. The van der Waals surface area contributed by atoms with Gasteiger partial charge in [0.25, 0.3) is 0 Å². The van der Waals surface area contributed by atoms with Crippen molar-refractivity contribution in [3.8, 4) is 0 Å². The van der Waals surface area contributed by atoms with E-state index in [0.29, 0.717) is 19.3 Å². The highest BCUT2D eigenvalue weighted by Crippen LogP contribution is 2.07. The molecule has 0 aliphatic heterocycles. The molecule has 14 heavy (non-hydrogen) atoms. The molecule has 0 aliphatic rings. The van der Waals surface area contributed by atoms with Crippen LogP contribution < -0.4 is 0 Å². The average Bonchev–Trinajstić information content (AvgIpc) is 2.11. The van der Waals surface area contributed by atoms with Crippen LogP contribution in [-0.2, 0) is 9.59 Å². The monoisotopic (exact) mass is 196 g/mol. The van der Waals surface area contributed by atoms with E-state index in [1.807, 2.05) is 0 Å². The van der Waals surface area contributed by atoms with Gasteiger partial charge < -0.3 is 4.79 Å². The van der Waals surface area contributed by atoms with E-state index in [-0.39, 0.29) is 11.6 Å². The lowest BCUT2D eigenvalue weighted by Crippen LogP contribution is -1.95. The molecule has 0 aliphatic carbocycles. The highest BCUT2D eigenvalue weighted by atomic mass is 16.1. The fraction of sp³-hybridized carbons (Fsp3) is 0.667. The standard InChI is InChI=1S/C12H20O2/c1-3-8-12(14)10-7-5-4-6-9-11(2)13/h3H,1,4-10H2,2H3. The number of carbonyl (C=O) groups excluding carboxylic acids is 2. The van der Waals surface area contributed by atoms with Crippen LogP contribution in [0.4, 0.5) is 0 Å². The number of Topliss-reactive ketones (excluding diaryl/α,β-unsaturated/α-hetero) is 2. The van der Waals surface area contributed by atoms with Crippen LogP contribution in [0.15, 0.2) is 12.7 Å². The Morgan fingerprint density at radius 3 is 2.14 bits per heavy atom. The summed E-state index contributed by atoms with van der Waals surface area (Å²) in [5, 5.41) is 0. The second kappa shape index (κ2) is 8.67. The number of rotatable bonds is 9. The third-order valence-corrected chi connectivity index (χ3v) is 2.11. The molecule has 0 aromatic carbocycles. The van der Waals surface area contributed by atoms with E-state index in [2.05, 4.69) is 6.58 Å². The van der Waals surface area contributed by atoms with Crippen molar-refractivity contribution >= 4 is 11.6 Å². The van der Waals surface area contributed by atoms with Crippen LogP contribution in [-0.4, -0.2) is 11.6 Å². The molecule has 0 saturated carbocycles. The van der Waals surface area contributed by atoms with Crippen molar-refractivity contribution in [2.75, 3.05) is 0 Å². The smallest absolute Gasteiger partial charge is 0.136 e. The molecule has 0 spiro atoms. The summed E-state index contributed by atoms with van der Waals surface area (Å²) in [6, 6.07) is 0. The summed E-state index contributed by atoms with van der Waals surface area (Å²) < 4.78 is 0. The van der Waals surface area contributed by atoms with Gasteiger partial charge in [-0.05, 0) is 19.8 Å². The third kappa shape index (κ3) is 9.17. The summed E-state index contributed by atoms with van der Waals surface area (Å²) in [6.07, 6.45) is 7.50. The maximum absolute atomic E-state index is 11.1. The fourth-order valence-corrected chi connectivity index (χ4v) is 1.31. The van der Waals surface area contributed by atoms with Crippen LogP contribution in [0.3, 0.4) is 0 Å². The van der Waals surface area contributed by atoms with Gasteiger partial charge in [0.2, 0.25) is 0 Å². The molecular weight excluding hydrogens is 176 g/mol. The van der Waals surface area contributed by atoms with Gasteiger partial charge in [-0.3, -0.25) is 4.79 Å². The van der Waals surface area contributed by atoms with Crippen LogP contribution in [0, 0.1) is 0 Å². The van der Waals surface area contributed by atoms with Crippen LogP contribution in [0.25, 0.3) is 0 Å². The van der Waals surface area contributed by atoms with Gasteiger partial charge in [0, 0.05) is 19.3 Å². The van der Waals surface area contributed by atoms with E-state index in [9.17, 15) is 9.59 Å². The molecule has 80 valence electrons. The Morgan fingerprint density at radius 1 is 1.07 bits per heavy atom. The van der Waals surface area contributed by atoms with Crippen molar-refractivity contribution in [2.24, 2.45) is 0 Å². The van der Waals surface area contributed by atoms with E-state index in [4.69, 9.17) is 0 Å². The highest BCUT2D eigenvalue weighted by molar-refractivity contribution is 5.79. The quantitative estimate of drug-likeness (QED) is 0.419. The van der Waals surface area contributed by atoms with Gasteiger partial charge in [-0.2, -0.15) is 0 Å². The number of hydrogen-bond acceptors (Lipinski definition) is 2. The largest absolute Gasteiger partial charge is 0.300 e. The molecule has 0 N–H and O–H groups in total. The summed E-state index contributed by atoms with van der Waals surface area (Å²) in [6.45, 7) is 5.14. The number of hydrogen-bond donors (Lipinski definition) is 0. The predicted octanol–water partition coefficient (Wildman–Crippen LogP) is 3.06. The first-order chi connectivity index (χ1) is 6.66. The number of ketones is 2. The Hall–Kier alpha value is -0.920. The lowest BCUT2D eigenvalue weighted by atomic mass is 10.1. The molecule has 0 saturated heterocycles. The van der Waals surface area contributed by atoms with Crippen LogP contribution in [0.2, 0.25) is 0 Å². The molecule has 0 radical (unpaired) electrons. The van der Waals surface area contributed by atoms with Gasteiger partial charge in [-0.15, -0.1) is 6.58 Å². The summed E-state index contributed by atoms with van der Waals surface area (Å²) in [5.41, 5.74) is 0. The van der Waals surface area contributed by atoms with E-state index in [1.165, 1.54) is 0 Å². The van der Waals surface area contributed by atoms with Gasteiger partial charge in [-0.25, -0.2) is 0 Å². The molecule has 0 atom stereocenters. The van der Waals surface area contributed by atoms with Crippen molar-refractivity contribution in [3.05, 3.63) is 12.7 Å². The van der Waals surface area contributed by atoms with Crippen molar-refractivity contribution in [3.63, 3.8) is 0 Å². The number of carbonyl (C=O) groups is 2. The van der Waals surface area contributed by atoms with Gasteiger partial charge in [0.05, 0.1) is 0 Å². The fourth-order valence-electron chi connectivity index (χ4n) is 1.31. The minimum atomic E-state index is 0.257. The van der Waals surface area contributed by atoms with Crippen LogP contribution in [0.5, 0.6) is 0 Å². The number of unbranched alkanes of at least 4 members (excludes halogenated alkanes) is 3. The maximum atomic E-state index is 11.1. The Bertz CT molecular complexity index is 194. The normalized spacial score (nSPS) is 9.79. The topological polar surface area (TPSA) is 34.1 Å². The zero-order valence-electron chi connectivity index (χ0n) is 9.05. The molecule has 2 heteroatoms. The number of allylic oxidation sites excluding steroid dienone is 1. The van der Waals surface area contributed by atoms with Crippen LogP contribution >= 0.6 is 0 Å². The lowest BCUT2D eigenvalue weighted by Gasteiger charge is -1.98. The Labute approximate surface area is 86.4 Å². The first kappa shape index (κ1) is 13.1. The molecular formula is C12H20O2. The molecule has 0 fully saturated rings. The molecule has 0 amide bonds. The van der Waals surface area contributed by atoms with Gasteiger partial charge in [-0.1, -0.05) is 18.9 Å². The third-order valence-electron chi connectivity index (χ3n) is 2.11. The van der Waals surface area contributed by atoms with Gasteiger partial charge in [0.1, 0.15) is 11.6 Å². The molecule has 0 bridgehead atoms. The van der Waals surface area contributed by atoms with E-state index in [0.717, 1.165) is 25.7 Å². The first-order valence-corrected chi connectivity index (χ1v) is 5.29. The molecule has 0 heterocycles. The van der Waals surface area contributed by atoms with Crippen molar-refractivity contribution in [1.82, 2.24) is 0 Å². The zero-order valence-corrected chi connectivity index (χ0v) is 9.05. The van der Waals surface area contributed by atoms with E-state index >= 15 is 0 Å². The Morgan fingerprint density at radius 2 is 1.64 bits per heavy atom. The molecule has 0 aromatic heterocycles. The zero-order chi connectivity index (χ0) is 10.8. The van der Waals surface area contributed by atoms with E-state index < -0.39 is 0 Å². The summed E-state index contributed by atoms with van der Waals surface area (Å²) in [5.74, 6) is 0.527. The van der Waals surface area contributed by atoms with Crippen molar-refractivity contribution in [2.45, 2.75) is 51.9 Å². The van der Waals surface area contributed by atoms with Crippen molar-refractivity contribution < 1.29 is 9.59 Å². The second-order valence-corrected chi connectivity index (χ2v) is 3.65. The Kier molecular flexibility index (Phi) is 8.10. The lowest BCUT2D eigenvalue weighted by molar-refractivity contribution is -0.118. The van der Waals surface area contributed by atoms with E-state index in [1.54, 1.807) is 13.0 Å². The van der Waals surface area contributed by atoms with Gasteiger partial charge >= 0.3 is 0 Å².